The number of hydrogen-bond acceptors (Lipinski definition) is 7. The van der Waals surface area contributed by atoms with E-state index in [1.54, 1.807) is 12.1 Å². The standard InChI is InChI=1S/C20H21N3O5S/c1-27-20(24)15-3-9-18(10-4-15)29(25,26)23-16-5-7-17(8-6-16)28-19-11-2-14(12-21)13-22-19/h2-4,9-11,13,16-17,23H,5-8H2,1H3. The molecule has 0 bridgehead atoms. The third kappa shape index (κ3) is 5.31. The average Bonchev–Trinajstić information content (AvgIpc) is 2.75. The first kappa shape index (κ1) is 20.8. The minimum Gasteiger partial charge on any atom is -0.474 e. The number of carbonyl (C=O) groups is 1. The summed E-state index contributed by atoms with van der Waals surface area (Å²) >= 11 is 0. The lowest BCUT2D eigenvalue weighted by molar-refractivity contribution is 0.0600. The van der Waals surface area contributed by atoms with E-state index in [2.05, 4.69) is 14.4 Å². The maximum absolute atomic E-state index is 12.6. The first-order valence-electron chi connectivity index (χ1n) is 9.15. The SMILES string of the molecule is COC(=O)c1ccc(S(=O)(=O)NC2CCC(Oc3ccc(C#N)cn3)CC2)cc1. The van der Waals surface area contributed by atoms with Crippen LogP contribution in [0.15, 0.2) is 47.5 Å². The van der Waals surface area contributed by atoms with E-state index in [1.165, 1.54) is 37.6 Å². The Morgan fingerprint density at radius 2 is 1.83 bits per heavy atom. The lowest BCUT2D eigenvalue weighted by atomic mass is 9.94. The molecule has 1 aromatic carbocycles. The molecule has 0 saturated heterocycles. The second kappa shape index (κ2) is 9.03. The van der Waals surface area contributed by atoms with Gasteiger partial charge in [-0.1, -0.05) is 0 Å². The Hall–Kier alpha value is -2.96. The van der Waals surface area contributed by atoms with Gasteiger partial charge in [-0.25, -0.2) is 22.9 Å². The van der Waals surface area contributed by atoms with Crippen molar-refractivity contribution in [3.63, 3.8) is 0 Å². The van der Waals surface area contributed by atoms with E-state index in [4.69, 9.17) is 10.00 Å². The molecule has 0 spiro atoms. The van der Waals surface area contributed by atoms with Crippen molar-refractivity contribution in [1.29, 1.82) is 5.26 Å². The molecular weight excluding hydrogens is 394 g/mol. The van der Waals surface area contributed by atoms with E-state index in [9.17, 15) is 13.2 Å². The van der Waals surface area contributed by atoms with Crippen LogP contribution in [-0.4, -0.2) is 38.6 Å². The van der Waals surface area contributed by atoms with Gasteiger partial charge < -0.3 is 9.47 Å². The number of rotatable bonds is 6. The molecular formula is C20H21N3O5S. The van der Waals surface area contributed by atoms with Crippen LogP contribution in [-0.2, 0) is 14.8 Å². The summed E-state index contributed by atoms with van der Waals surface area (Å²) in [5, 5.41) is 8.80. The Morgan fingerprint density at radius 1 is 1.14 bits per heavy atom. The number of carbonyl (C=O) groups excluding carboxylic acids is 1. The van der Waals surface area contributed by atoms with E-state index in [0.717, 1.165) is 0 Å². The van der Waals surface area contributed by atoms with Crippen LogP contribution in [0.5, 0.6) is 5.88 Å². The largest absolute Gasteiger partial charge is 0.474 e. The zero-order valence-corrected chi connectivity index (χ0v) is 16.7. The molecule has 9 heteroatoms. The van der Waals surface area contributed by atoms with Gasteiger partial charge in [0.25, 0.3) is 0 Å². The van der Waals surface area contributed by atoms with Crippen molar-refractivity contribution in [2.24, 2.45) is 0 Å². The fraction of sp³-hybridized carbons (Fsp3) is 0.350. The Labute approximate surface area is 169 Å². The van der Waals surface area contributed by atoms with Crippen LogP contribution in [0, 0.1) is 11.3 Å². The Balaban J connectivity index is 1.54. The van der Waals surface area contributed by atoms with Gasteiger partial charge in [0, 0.05) is 18.3 Å². The second-order valence-corrected chi connectivity index (χ2v) is 8.44. The molecule has 0 radical (unpaired) electrons. The summed E-state index contributed by atoms with van der Waals surface area (Å²) in [7, 11) is -2.41. The minimum absolute atomic E-state index is 0.0458. The van der Waals surface area contributed by atoms with Gasteiger partial charge in [0.15, 0.2) is 0 Å². The van der Waals surface area contributed by atoms with Gasteiger partial charge in [0.2, 0.25) is 15.9 Å². The molecule has 0 aliphatic heterocycles. The number of ether oxygens (including phenoxy) is 2. The smallest absolute Gasteiger partial charge is 0.337 e. The second-order valence-electron chi connectivity index (χ2n) is 6.73. The third-order valence-electron chi connectivity index (χ3n) is 4.73. The monoisotopic (exact) mass is 415 g/mol. The molecule has 0 atom stereocenters. The number of methoxy groups -OCH3 is 1. The molecule has 1 N–H and O–H groups in total. The number of esters is 1. The number of benzene rings is 1. The van der Waals surface area contributed by atoms with Crippen molar-refractivity contribution in [1.82, 2.24) is 9.71 Å². The molecule has 152 valence electrons. The van der Waals surface area contributed by atoms with Crippen LogP contribution in [0.25, 0.3) is 0 Å². The van der Waals surface area contributed by atoms with Crippen LogP contribution >= 0.6 is 0 Å². The molecule has 3 rings (SSSR count). The molecule has 1 saturated carbocycles. The highest BCUT2D eigenvalue weighted by Gasteiger charge is 2.27. The predicted molar refractivity (Wildman–Crippen MR) is 104 cm³/mol. The zero-order valence-electron chi connectivity index (χ0n) is 15.9. The van der Waals surface area contributed by atoms with Crippen LogP contribution < -0.4 is 9.46 Å². The van der Waals surface area contributed by atoms with Crippen LogP contribution in [0.3, 0.4) is 0 Å². The van der Waals surface area contributed by atoms with Gasteiger partial charge in [-0.2, -0.15) is 5.26 Å². The lowest BCUT2D eigenvalue weighted by Crippen LogP contribution is -2.39. The third-order valence-corrected chi connectivity index (χ3v) is 6.27. The van der Waals surface area contributed by atoms with Crippen LogP contribution in [0.4, 0.5) is 0 Å². The summed E-state index contributed by atoms with van der Waals surface area (Å²) in [4.78, 5) is 15.7. The summed E-state index contributed by atoms with van der Waals surface area (Å²) in [6.07, 6.45) is 4.07. The quantitative estimate of drug-likeness (QED) is 0.720. The number of sulfonamides is 1. The molecule has 1 aromatic heterocycles. The highest BCUT2D eigenvalue weighted by Crippen LogP contribution is 2.24. The van der Waals surface area contributed by atoms with Crippen molar-refractivity contribution < 1.29 is 22.7 Å². The number of nitrogens with zero attached hydrogens (tertiary/aromatic N) is 2. The van der Waals surface area contributed by atoms with E-state index in [0.29, 0.717) is 42.7 Å². The average molecular weight is 415 g/mol. The Bertz CT molecular complexity index is 990. The number of pyridine rings is 1. The van der Waals surface area contributed by atoms with E-state index in [-0.39, 0.29) is 17.0 Å². The van der Waals surface area contributed by atoms with Crippen molar-refractivity contribution in [2.75, 3.05) is 7.11 Å². The van der Waals surface area contributed by atoms with Gasteiger partial charge in [-0.05, 0) is 56.0 Å². The molecule has 1 aliphatic rings. The van der Waals surface area contributed by atoms with Gasteiger partial charge in [0.1, 0.15) is 12.2 Å². The normalized spacial score (nSPS) is 19.2. The van der Waals surface area contributed by atoms with Gasteiger partial charge in [-0.15, -0.1) is 0 Å². The summed E-state index contributed by atoms with van der Waals surface area (Å²) in [5.74, 6) is -0.0595. The predicted octanol–water partition coefficient (Wildman–Crippen LogP) is 2.41. The zero-order chi connectivity index (χ0) is 20.9. The van der Waals surface area contributed by atoms with Crippen molar-refractivity contribution in [2.45, 2.75) is 42.7 Å². The molecule has 1 fully saturated rings. The van der Waals surface area contributed by atoms with Crippen LogP contribution in [0.1, 0.15) is 41.6 Å². The molecule has 1 heterocycles. The Kier molecular flexibility index (Phi) is 6.46. The maximum Gasteiger partial charge on any atom is 0.337 e. The highest BCUT2D eigenvalue weighted by molar-refractivity contribution is 7.89. The summed E-state index contributed by atoms with van der Waals surface area (Å²) in [6, 6.07) is 10.8. The minimum atomic E-state index is -3.68. The fourth-order valence-corrected chi connectivity index (χ4v) is 4.47. The lowest BCUT2D eigenvalue weighted by Gasteiger charge is -2.29. The topological polar surface area (TPSA) is 118 Å². The number of aromatic nitrogens is 1. The van der Waals surface area contributed by atoms with Gasteiger partial charge >= 0.3 is 5.97 Å². The van der Waals surface area contributed by atoms with Gasteiger partial charge in [0.05, 0.1) is 23.1 Å². The first-order chi connectivity index (χ1) is 13.9. The molecule has 29 heavy (non-hydrogen) atoms. The van der Waals surface area contributed by atoms with E-state index >= 15 is 0 Å². The summed E-state index contributed by atoms with van der Waals surface area (Å²) in [6.45, 7) is 0. The molecule has 8 nitrogen and oxygen atoms in total. The van der Waals surface area contributed by atoms with E-state index < -0.39 is 16.0 Å². The maximum atomic E-state index is 12.6. The van der Waals surface area contributed by atoms with Crippen LogP contribution in [0.2, 0.25) is 0 Å². The summed E-state index contributed by atoms with van der Waals surface area (Å²) < 4.78 is 38.3. The van der Waals surface area contributed by atoms with Gasteiger partial charge in [-0.3, -0.25) is 0 Å². The number of hydrogen-bond donors (Lipinski definition) is 1. The highest BCUT2D eigenvalue weighted by atomic mass is 32.2. The van der Waals surface area contributed by atoms with Crippen molar-refractivity contribution in [3.8, 4) is 11.9 Å². The first-order valence-corrected chi connectivity index (χ1v) is 10.6. The van der Waals surface area contributed by atoms with Crippen molar-refractivity contribution >= 4 is 16.0 Å². The molecule has 0 unspecified atom stereocenters. The fourth-order valence-electron chi connectivity index (χ4n) is 3.16. The molecule has 2 aromatic rings. The van der Waals surface area contributed by atoms with E-state index in [1.807, 2.05) is 6.07 Å². The number of nitrogens with one attached hydrogen (secondary N) is 1. The Morgan fingerprint density at radius 3 is 2.38 bits per heavy atom. The summed E-state index contributed by atoms with van der Waals surface area (Å²) in [5.41, 5.74) is 0.760. The number of nitriles is 1. The molecule has 1 aliphatic carbocycles. The molecule has 0 amide bonds. The van der Waals surface area contributed by atoms with Crippen molar-refractivity contribution in [3.05, 3.63) is 53.7 Å².